The minimum absolute atomic E-state index is 0.0600. The summed E-state index contributed by atoms with van der Waals surface area (Å²) in [6.45, 7) is 6.32. The molecule has 2 aromatic rings. The van der Waals surface area contributed by atoms with Crippen molar-refractivity contribution < 1.29 is 0 Å². The SMILES string of the molecule is Cc1cc(C)cc(CSc2cc(Br)ccc2C(C)N)c1. The second-order valence-electron chi connectivity index (χ2n) is 5.26. The van der Waals surface area contributed by atoms with E-state index in [9.17, 15) is 0 Å². The van der Waals surface area contributed by atoms with Crippen LogP contribution >= 0.6 is 27.7 Å². The van der Waals surface area contributed by atoms with Crippen LogP contribution in [0.5, 0.6) is 0 Å². The number of halogens is 1. The Morgan fingerprint density at radius 3 is 2.35 bits per heavy atom. The summed E-state index contributed by atoms with van der Waals surface area (Å²) in [4.78, 5) is 1.26. The van der Waals surface area contributed by atoms with E-state index in [1.807, 2.05) is 18.7 Å². The van der Waals surface area contributed by atoms with E-state index in [4.69, 9.17) is 5.73 Å². The highest BCUT2D eigenvalue weighted by Gasteiger charge is 2.08. The molecule has 20 heavy (non-hydrogen) atoms. The van der Waals surface area contributed by atoms with E-state index in [2.05, 4.69) is 66.2 Å². The van der Waals surface area contributed by atoms with Crippen LogP contribution in [0.3, 0.4) is 0 Å². The minimum Gasteiger partial charge on any atom is -0.324 e. The third-order valence-electron chi connectivity index (χ3n) is 3.14. The van der Waals surface area contributed by atoms with Crippen LogP contribution in [0.25, 0.3) is 0 Å². The second-order valence-corrected chi connectivity index (χ2v) is 7.19. The molecule has 0 heterocycles. The van der Waals surface area contributed by atoms with Gasteiger partial charge < -0.3 is 5.73 Å². The third kappa shape index (κ3) is 4.11. The molecule has 2 rings (SSSR count). The van der Waals surface area contributed by atoms with Gasteiger partial charge in [-0.1, -0.05) is 51.3 Å². The van der Waals surface area contributed by atoms with Gasteiger partial charge in [-0.05, 0) is 44.0 Å². The van der Waals surface area contributed by atoms with E-state index in [0.29, 0.717) is 0 Å². The van der Waals surface area contributed by atoms with Crippen LogP contribution in [-0.2, 0) is 5.75 Å². The first kappa shape index (κ1) is 15.6. The summed E-state index contributed by atoms with van der Waals surface area (Å²) in [6, 6.07) is 13.1. The van der Waals surface area contributed by atoms with Gasteiger partial charge in [-0.3, -0.25) is 0 Å². The number of rotatable bonds is 4. The maximum atomic E-state index is 6.05. The first-order valence-electron chi connectivity index (χ1n) is 6.70. The summed E-state index contributed by atoms with van der Waals surface area (Å²) in [7, 11) is 0. The minimum atomic E-state index is 0.0600. The van der Waals surface area contributed by atoms with Crippen LogP contribution < -0.4 is 5.73 Å². The lowest BCUT2D eigenvalue weighted by atomic mass is 10.1. The van der Waals surface area contributed by atoms with Crippen molar-refractivity contribution in [3.05, 3.63) is 63.1 Å². The molecule has 106 valence electrons. The van der Waals surface area contributed by atoms with Crippen LogP contribution in [0.4, 0.5) is 0 Å². The molecule has 1 nitrogen and oxygen atoms in total. The van der Waals surface area contributed by atoms with Gasteiger partial charge in [0.2, 0.25) is 0 Å². The Morgan fingerprint density at radius 1 is 1.10 bits per heavy atom. The monoisotopic (exact) mass is 349 g/mol. The van der Waals surface area contributed by atoms with Crippen molar-refractivity contribution in [2.75, 3.05) is 0 Å². The van der Waals surface area contributed by atoms with Crippen molar-refractivity contribution in [3.8, 4) is 0 Å². The maximum absolute atomic E-state index is 6.05. The van der Waals surface area contributed by atoms with Crippen LogP contribution in [0.15, 0.2) is 45.8 Å². The molecule has 0 aromatic heterocycles. The van der Waals surface area contributed by atoms with Gasteiger partial charge in [0, 0.05) is 21.2 Å². The van der Waals surface area contributed by atoms with E-state index in [1.165, 1.54) is 27.1 Å². The molecule has 0 amide bonds. The van der Waals surface area contributed by atoms with Gasteiger partial charge in [0.1, 0.15) is 0 Å². The second kappa shape index (κ2) is 6.79. The predicted molar refractivity (Wildman–Crippen MR) is 92.2 cm³/mol. The number of nitrogens with two attached hydrogens (primary N) is 1. The number of benzene rings is 2. The molecule has 0 saturated heterocycles. The van der Waals surface area contributed by atoms with Gasteiger partial charge in [-0.2, -0.15) is 0 Å². The normalized spacial score (nSPS) is 12.4. The predicted octanol–water partition coefficient (Wildman–Crippen LogP) is 5.38. The topological polar surface area (TPSA) is 26.0 Å². The molecule has 0 radical (unpaired) electrons. The smallest absolute Gasteiger partial charge is 0.0277 e. The Labute approximate surface area is 134 Å². The van der Waals surface area contributed by atoms with Crippen molar-refractivity contribution in [2.24, 2.45) is 5.73 Å². The van der Waals surface area contributed by atoms with Crippen LogP contribution in [0, 0.1) is 13.8 Å². The molecular weight excluding hydrogens is 330 g/mol. The zero-order valence-corrected chi connectivity index (χ0v) is 14.5. The Balaban J connectivity index is 2.20. The fourth-order valence-electron chi connectivity index (χ4n) is 2.32. The number of thioether (sulfide) groups is 1. The van der Waals surface area contributed by atoms with E-state index in [0.717, 1.165) is 10.2 Å². The molecule has 1 atom stereocenters. The zero-order chi connectivity index (χ0) is 14.7. The first-order valence-corrected chi connectivity index (χ1v) is 8.48. The Morgan fingerprint density at radius 2 is 1.75 bits per heavy atom. The van der Waals surface area contributed by atoms with E-state index in [-0.39, 0.29) is 6.04 Å². The lowest BCUT2D eigenvalue weighted by Crippen LogP contribution is -2.06. The van der Waals surface area contributed by atoms with Crippen molar-refractivity contribution >= 4 is 27.7 Å². The molecule has 0 aliphatic heterocycles. The summed E-state index contributed by atoms with van der Waals surface area (Å²) < 4.78 is 1.10. The third-order valence-corrected chi connectivity index (χ3v) is 4.78. The van der Waals surface area contributed by atoms with Gasteiger partial charge >= 0.3 is 0 Å². The Bertz CT molecular complexity index is 588. The van der Waals surface area contributed by atoms with Gasteiger partial charge in [0.05, 0.1) is 0 Å². The lowest BCUT2D eigenvalue weighted by molar-refractivity contribution is 0.797. The van der Waals surface area contributed by atoms with Crippen molar-refractivity contribution in [2.45, 2.75) is 37.5 Å². The largest absolute Gasteiger partial charge is 0.324 e. The number of aryl methyl sites for hydroxylation is 2. The van der Waals surface area contributed by atoms with Crippen LogP contribution in [0.1, 0.15) is 35.2 Å². The number of hydrogen-bond donors (Lipinski definition) is 1. The molecule has 1 unspecified atom stereocenters. The molecule has 0 fully saturated rings. The Kier molecular flexibility index (Phi) is 5.30. The van der Waals surface area contributed by atoms with Gasteiger partial charge in [-0.15, -0.1) is 11.8 Å². The number of hydrogen-bond acceptors (Lipinski definition) is 2. The van der Waals surface area contributed by atoms with E-state index < -0.39 is 0 Å². The average molecular weight is 350 g/mol. The molecule has 0 bridgehead atoms. The molecule has 0 aliphatic rings. The molecule has 2 N–H and O–H groups in total. The van der Waals surface area contributed by atoms with Gasteiger partial charge in [0.25, 0.3) is 0 Å². The summed E-state index contributed by atoms with van der Waals surface area (Å²) in [5.41, 5.74) is 11.3. The average Bonchev–Trinajstić information content (AvgIpc) is 2.35. The summed E-state index contributed by atoms with van der Waals surface area (Å²) in [6.07, 6.45) is 0. The maximum Gasteiger partial charge on any atom is 0.0277 e. The first-order chi connectivity index (χ1) is 9.45. The van der Waals surface area contributed by atoms with Crippen molar-refractivity contribution in [1.29, 1.82) is 0 Å². The van der Waals surface area contributed by atoms with Crippen LogP contribution in [0.2, 0.25) is 0 Å². The zero-order valence-electron chi connectivity index (χ0n) is 12.1. The summed E-state index contributed by atoms with van der Waals surface area (Å²) in [5.74, 6) is 0.971. The summed E-state index contributed by atoms with van der Waals surface area (Å²) >= 11 is 5.39. The van der Waals surface area contributed by atoms with E-state index >= 15 is 0 Å². The van der Waals surface area contributed by atoms with Crippen LogP contribution in [-0.4, -0.2) is 0 Å². The highest BCUT2D eigenvalue weighted by atomic mass is 79.9. The van der Waals surface area contributed by atoms with Crippen molar-refractivity contribution in [1.82, 2.24) is 0 Å². The highest BCUT2D eigenvalue weighted by molar-refractivity contribution is 9.10. The Hall–Kier alpha value is -0.770. The standard InChI is InChI=1S/C17H20BrNS/c1-11-6-12(2)8-14(7-11)10-20-17-9-15(18)4-5-16(17)13(3)19/h4-9,13H,10,19H2,1-3H3. The quantitative estimate of drug-likeness (QED) is 0.750. The molecule has 0 aliphatic carbocycles. The van der Waals surface area contributed by atoms with Gasteiger partial charge in [-0.25, -0.2) is 0 Å². The van der Waals surface area contributed by atoms with E-state index in [1.54, 1.807) is 0 Å². The van der Waals surface area contributed by atoms with Crippen molar-refractivity contribution in [3.63, 3.8) is 0 Å². The molecule has 3 heteroatoms. The fraction of sp³-hybridized carbons (Fsp3) is 0.294. The molecule has 0 spiro atoms. The summed E-state index contributed by atoms with van der Waals surface area (Å²) in [5, 5.41) is 0. The molecular formula is C17H20BrNS. The fourth-order valence-corrected chi connectivity index (χ4v) is 3.96. The van der Waals surface area contributed by atoms with Gasteiger partial charge in [0.15, 0.2) is 0 Å². The molecule has 2 aromatic carbocycles. The lowest BCUT2D eigenvalue weighted by Gasteiger charge is -2.13. The molecule has 0 saturated carbocycles. The highest BCUT2D eigenvalue weighted by Crippen LogP contribution is 2.32.